The number of fused-ring (bicyclic) bond motifs is 1. The number of aryl methyl sites for hydroxylation is 1. The standard InChI is InChI=1S/C23H38N4O5.C9H10O.C3H4F3NO.C2H2/c1-22(2,3)32-21(30)27-12-10-26(11-13-27)16-19(28)15-18(20(29)25-23(4,5)31)14-17-6-8-24-9-7-17;1-2-6-9-8(4-1)5-3-7-10-9;4-3(5,6)1-7-2-8;1-2/h6-9,18-19,28,31H,10-16H2,1-5H3,(H,25,29);1-2,4,6H,3,5,7H2;2H,1H2,(H,7,8);1-2H/t18-,19+;;;/m1.../s1. The molecule has 15 heteroatoms. The first-order valence-corrected chi connectivity index (χ1v) is 16.9. The molecule has 1 aromatic carbocycles. The van der Waals surface area contributed by atoms with Gasteiger partial charge in [-0.2, -0.15) is 13.2 Å². The zero-order valence-electron chi connectivity index (χ0n) is 30.7. The summed E-state index contributed by atoms with van der Waals surface area (Å²) in [5, 5.41) is 24.8. The van der Waals surface area contributed by atoms with Crippen molar-refractivity contribution in [2.45, 2.75) is 83.9 Å². The Hall–Kier alpha value is -4.39. The molecular formula is C37H54F3N5O7. The number of alkyl halides is 3. The number of para-hydroxylation sites is 1. The highest BCUT2D eigenvalue weighted by molar-refractivity contribution is 5.79. The molecule has 2 aliphatic rings. The Morgan fingerprint density at radius 2 is 1.65 bits per heavy atom. The highest BCUT2D eigenvalue weighted by atomic mass is 19.4. The summed E-state index contributed by atoms with van der Waals surface area (Å²) in [6, 6.07) is 11.9. The molecule has 1 fully saturated rings. The number of ether oxygens (including phenoxy) is 2. The van der Waals surface area contributed by atoms with Crippen LogP contribution in [-0.2, 0) is 27.2 Å². The number of carbonyl (C=O) groups excluding carboxylic acids is 3. The number of nitrogens with one attached hydrogen (secondary N) is 2. The number of pyridine rings is 1. The molecule has 2 aliphatic heterocycles. The van der Waals surface area contributed by atoms with Crippen molar-refractivity contribution in [3.8, 4) is 18.6 Å². The molecule has 4 N–H and O–H groups in total. The predicted molar refractivity (Wildman–Crippen MR) is 191 cm³/mol. The van der Waals surface area contributed by atoms with E-state index in [2.05, 4.69) is 40.2 Å². The molecule has 0 spiro atoms. The lowest BCUT2D eigenvalue weighted by Gasteiger charge is -2.36. The molecule has 12 nitrogen and oxygen atoms in total. The fourth-order valence-electron chi connectivity index (χ4n) is 5.08. The maximum Gasteiger partial charge on any atom is 0.410 e. The monoisotopic (exact) mass is 737 g/mol. The average molecular weight is 738 g/mol. The van der Waals surface area contributed by atoms with Crippen LogP contribution in [0.25, 0.3) is 0 Å². The van der Waals surface area contributed by atoms with Gasteiger partial charge in [-0.25, -0.2) is 4.79 Å². The van der Waals surface area contributed by atoms with Gasteiger partial charge in [0.2, 0.25) is 12.3 Å². The molecule has 0 saturated carbocycles. The molecule has 1 aromatic heterocycles. The number of nitrogens with zero attached hydrogens (tertiary/aromatic N) is 3. The van der Waals surface area contributed by atoms with Gasteiger partial charge in [0.15, 0.2) is 0 Å². The Morgan fingerprint density at radius 3 is 2.17 bits per heavy atom. The quantitative estimate of drug-likeness (QED) is 0.161. The third-order valence-electron chi connectivity index (χ3n) is 7.29. The molecule has 2 aromatic rings. The van der Waals surface area contributed by atoms with Crippen LogP contribution < -0.4 is 15.4 Å². The van der Waals surface area contributed by atoms with Crippen LogP contribution in [0.4, 0.5) is 18.0 Å². The van der Waals surface area contributed by atoms with Crippen LogP contribution in [0.3, 0.4) is 0 Å². The van der Waals surface area contributed by atoms with Gasteiger partial charge in [0.1, 0.15) is 23.6 Å². The minimum Gasteiger partial charge on any atom is -0.493 e. The first kappa shape index (κ1) is 45.6. The summed E-state index contributed by atoms with van der Waals surface area (Å²) in [4.78, 5) is 42.0. The van der Waals surface area contributed by atoms with Gasteiger partial charge in [0.25, 0.3) is 0 Å². The molecule has 1 saturated heterocycles. The van der Waals surface area contributed by atoms with E-state index >= 15 is 0 Å². The number of halogens is 3. The van der Waals surface area contributed by atoms with Crippen molar-refractivity contribution < 1.29 is 47.2 Å². The van der Waals surface area contributed by atoms with Crippen molar-refractivity contribution in [1.29, 1.82) is 0 Å². The predicted octanol–water partition coefficient (Wildman–Crippen LogP) is 3.94. The van der Waals surface area contributed by atoms with Crippen LogP contribution in [0.1, 0.15) is 58.6 Å². The summed E-state index contributed by atoms with van der Waals surface area (Å²) in [6.07, 6.45) is 9.05. The summed E-state index contributed by atoms with van der Waals surface area (Å²) < 4.78 is 43.9. The van der Waals surface area contributed by atoms with Crippen LogP contribution in [0.5, 0.6) is 5.75 Å². The Labute approximate surface area is 305 Å². The number of hydrogen-bond donors (Lipinski definition) is 4. The van der Waals surface area contributed by atoms with Crippen molar-refractivity contribution in [2.24, 2.45) is 5.92 Å². The second-order valence-electron chi connectivity index (χ2n) is 13.6. The van der Waals surface area contributed by atoms with Crippen molar-refractivity contribution in [3.05, 3.63) is 59.9 Å². The van der Waals surface area contributed by atoms with E-state index < -0.39 is 36.1 Å². The van der Waals surface area contributed by atoms with Crippen LogP contribution in [-0.4, -0.2) is 113 Å². The lowest BCUT2D eigenvalue weighted by Crippen LogP contribution is -2.52. The smallest absolute Gasteiger partial charge is 0.410 e. The number of amides is 3. The van der Waals surface area contributed by atoms with E-state index in [4.69, 9.17) is 9.47 Å². The fraction of sp³-hybridized carbons (Fsp3) is 0.568. The number of carbonyl (C=O) groups is 3. The molecule has 52 heavy (non-hydrogen) atoms. The van der Waals surface area contributed by atoms with Gasteiger partial charge in [0.05, 0.1) is 12.7 Å². The lowest BCUT2D eigenvalue weighted by atomic mass is 9.92. The maximum atomic E-state index is 12.8. The molecule has 3 heterocycles. The molecule has 0 aliphatic carbocycles. The van der Waals surface area contributed by atoms with E-state index in [1.165, 1.54) is 31.1 Å². The first-order chi connectivity index (χ1) is 24.3. The Bertz CT molecular complexity index is 1330. The number of rotatable bonds is 10. The number of hydrogen-bond acceptors (Lipinski definition) is 9. The molecule has 4 rings (SSSR count). The second kappa shape index (κ2) is 22.5. The number of aromatic nitrogens is 1. The van der Waals surface area contributed by atoms with Crippen molar-refractivity contribution in [1.82, 2.24) is 25.4 Å². The molecule has 2 atom stereocenters. The number of β-amino-alcohol motifs (C(OH)–C–C–N with tert-alkyl or cyclic N) is 1. The van der Waals surface area contributed by atoms with Gasteiger partial charge in [-0.1, -0.05) is 18.2 Å². The number of piperazine rings is 1. The fourth-order valence-corrected chi connectivity index (χ4v) is 5.08. The van der Waals surface area contributed by atoms with Crippen LogP contribution in [0.15, 0.2) is 48.8 Å². The molecule has 0 unspecified atom stereocenters. The zero-order valence-corrected chi connectivity index (χ0v) is 30.7. The summed E-state index contributed by atoms with van der Waals surface area (Å²) in [7, 11) is 0. The van der Waals surface area contributed by atoms with Gasteiger partial charge in [0, 0.05) is 51.0 Å². The lowest BCUT2D eigenvalue weighted by molar-refractivity contribution is -0.132. The largest absolute Gasteiger partial charge is 0.493 e. The van der Waals surface area contributed by atoms with Gasteiger partial charge in [-0.15, -0.1) is 12.8 Å². The summed E-state index contributed by atoms with van der Waals surface area (Å²) >= 11 is 0. The van der Waals surface area contributed by atoms with Gasteiger partial charge >= 0.3 is 12.3 Å². The number of aliphatic hydroxyl groups is 2. The Morgan fingerprint density at radius 1 is 1.04 bits per heavy atom. The zero-order chi connectivity index (χ0) is 39.4. The highest BCUT2D eigenvalue weighted by Crippen LogP contribution is 2.23. The van der Waals surface area contributed by atoms with Gasteiger partial charge < -0.3 is 35.2 Å². The summed E-state index contributed by atoms with van der Waals surface area (Å²) in [5.41, 5.74) is 0.428. The van der Waals surface area contributed by atoms with Crippen LogP contribution in [0.2, 0.25) is 0 Å². The highest BCUT2D eigenvalue weighted by Gasteiger charge is 2.30. The van der Waals surface area contributed by atoms with Gasteiger partial charge in [-0.05, 0) is 89.6 Å². The normalized spacial score (nSPS) is 15.5. The van der Waals surface area contributed by atoms with E-state index in [0.29, 0.717) is 39.1 Å². The van der Waals surface area contributed by atoms with Gasteiger partial charge in [-0.3, -0.25) is 19.5 Å². The van der Waals surface area contributed by atoms with Crippen molar-refractivity contribution >= 4 is 18.4 Å². The third-order valence-corrected chi connectivity index (χ3v) is 7.29. The Balaban J connectivity index is 0.000000544. The average Bonchev–Trinajstić information content (AvgIpc) is 3.07. The summed E-state index contributed by atoms with van der Waals surface area (Å²) in [5.74, 6) is 0.277. The SMILES string of the molecule is C#C.CC(C)(O)NC(=O)[C@H](Cc1ccncc1)C[C@H](O)CN1CCN(C(=O)OC(C)(C)C)CC1.O=CNCC(F)(F)F.c1ccc2c(c1)CCCO2. The molecule has 3 amide bonds. The third kappa shape index (κ3) is 20.5. The molecule has 0 radical (unpaired) electrons. The first-order valence-electron chi connectivity index (χ1n) is 16.9. The van der Waals surface area contributed by atoms with E-state index in [1.54, 1.807) is 17.3 Å². The van der Waals surface area contributed by atoms with E-state index in [0.717, 1.165) is 24.3 Å². The van der Waals surface area contributed by atoms with Crippen molar-refractivity contribution in [3.63, 3.8) is 0 Å². The maximum absolute atomic E-state index is 12.8. The number of benzene rings is 1. The van der Waals surface area contributed by atoms with E-state index in [9.17, 15) is 37.8 Å². The van der Waals surface area contributed by atoms with Crippen LogP contribution >= 0.6 is 0 Å². The number of terminal acetylenes is 1. The van der Waals surface area contributed by atoms with E-state index in [-0.39, 0.29) is 24.8 Å². The minimum absolute atomic E-state index is 0.00743. The molecule has 0 bridgehead atoms. The summed E-state index contributed by atoms with van der Waals surface area (Å²) in [6.45, 7) is 10.9. The Kier molecular flexibility index (Phi) is 19.8. The second-order valence-corrected chi connectivity index (χ2v) is 13.6. The van der Waals surface area contributed by atoms with Crippen LogP contribution in [0, 0.1) is 18.8 Å². The topological polar surface area (TPSA) is 154 Å². The molecule has 290 valence electrons. The number of aliphatic hydroxyl groups excluding tert-OH is 1. The van der Waals surface area contributed by atoms with Crippen molar-refractivity contribution in [2.75, 3.05) is 45.9 Å². The molecular weight excluding hydrogens is 683 g/mol. The minimum atomic E-state index is -4.29. The van der Waals surface area contributed by atoms with E-state index in [1.807, 2.05) is 45.0 Å².